The Morgan fingerprint density at radius 3 is 1.25 bits per heavy atom. The molecule has 75 heavy (non-hydrogen) atoms. The third-order valence-corrected chi connectivity index (χ3v) is 15.9. The maximum atomic E-state index is 13.8. The molecule has 1 aliphatic heterocycles. The summed E-state index contributed by atoms with van der Waals surface area (Å²) >= 11 is 0. The third kappa shape index (κ3) is 21.9. The number of hydrogen-bond acceptors (Lipinski definition) is 8. The van der Waals surface area contributed by atoms with Crippen LogP contribution in [0, 0.1) is 10.8 Å². The number of aliphatic hydroxyl groups excluding tert-OH is 1. The van der Waals surface area contributed by atoms with Crippen LogP contribution in [0.2, 0.25) is 0 Å². The lowest BCUT2D eigenvalue weighted by molar-refractivity contribution is -0.137. The molecule has 3 aromatic rings. The van der Waals surface area contributed by atoms with E-state index in [0.717, 1.165) is 138 Å². The van der Waals surface area contributed by atoms with E-state index in [1.54, 1.807) is 14.2 Å². The maximum Gasteiger partial charge on any atom is 0.303 e. The van der Waals surface area contributed by atoms with E-state index >= 15 is 0 Å². The zero-order valence-corrected chi connectivity index (χ0v) is 46.7. The Labute approximate surface area is 451 Å². The molecule has 12 nitrogen and oxygen atoms in total. The van der Waals surface area contributed by atoms with Gasteiger partial charge in [0.15, 0.2) is 0 Å². The molecule has 1 saturated heterocycles. The molecule has 12 heteroatoms. The first-order valence-electron chi connectivity index (χ1n) is 29.0. The Bertz CT molecular complexity index is 2000. The summed E-state index contributed by atoms with van der Waals surface area (Å²) in [5.41, 5.74) is 0.684. The average Bonchev–Trinajstić information content (AvgIpc) is 3.70. The second-order valence-electron chi connectivity index (χ2n) is 21.9. The minimum atomic E-state index is -1.01. The minimum Gasteiger partial charge on any atom is -0.497 e. The highest BCUT2D eigenvalue weighted by Gasteiger charge is 2.54. The zero-order chi connectivity index (χ0) is 54.0. The maximum absolute atomic E-state index is 13.8. The highest BCUT2D eigenvalue weighted by Crippen LogP contribution is 2.50. The number of carboxylic acids is 1. The summed E-state index contributed by atoms with van der Waals surface area (Å²) in [4.78, 5) is 50.9. The molecule has 2 atom stereocenters. The second kappa shape index (κ2) is 35.4. The number of likely N-dealkylation sites (tertiary alicyclic amines) is 1. The molecular weight excluding hydrogens is 943 g/mol. The molecule has 3 amide bonds. The van der Waals surface area contributed by atoms with Crippen LogP contribution in [0.4, 0.5) is 0 Å². The quantitative estimate of drug-likeness (QED) is 0.0319. The first kappa shape index (κ1) is 62.6. The van der Waals surface area contributed by atoms with Gasteiger partial charge >= 0.3 is 5.97 Å². The van der Waals surface area contributed by atoms with Crippen LogP contribution >= 0.6 is 0 Å². The topological polar surface area (TPSA) is 164 Å². The fraction of sp³-hybridized carbons (Fsp3) is 0.651. The Kier molecular flexibility index (Phi) is 29.5. The Morgan fingerprint density at radius 2 is 0.853 bits per heavy atom. The summed E-state index contributed by atoms with van der Waals surface area (Å²) in [5.74, 6) is 1.24. The number of carboxylic acid groups (broad SMARTS) is 1. The van der Waals surface area contributed by atoms with Crippen molar-refractivity contribution in [2.24, 2.45) is 10.8 Å². The van der Waals surface area contributed by atoms with Gasteiger partial charge in [0.25, 0.3) is 0 Å². The van der Waals surface area contributed by atoms with Crippen LogP contribution in [0.25, 0.3) is 0 Å². The van der Waals surface area contributed by atoms with Crippen molar-refractivity contribution in [2.45, 2.75) is 199 Å². The molecule has 0 saturated carbocycles. The molecule has 4 rings (SSSR count). The number of benzene rings is 3. The summed E-state index contributed by atoms with van der Waals surface area (Å²) < 4.78 is 18.4. The van der Waals surface area contributed by atoms with Crippen molar-refractivity contribution in [3.63, 3.8) is 0 Å². The largest absolute Gasteiger partial charge is 0.497 e. The first-order chi connectivity index (χ1) is 36.4. The van der Waals surface area contributed by atoms with Crippen LogP contribution in [0.3, 0.4) is 0 Å². The Balaban J connectivity index is 1.02. The number of nitrogens with one attached hydrogen (secondary N) is 2. The van der Waals surface area contributed by atoms with E-state index < -0.39 is 22.4 Å². The molecule has 0 spiro atoms. The zero-order valence-electron chi connectivity index (χ0n) is 46.7. The lowest BCUT2D eigenvalue weighted by Crippen LogP contribution is -2.46. The minimum absolute atomic E-state index is 0.0720. The number of carbonyl (C=O) groups is 4. The van der Waals surface area contributed by atoms with E-state index in [1.807, 2.05) is 71.6 Å². The van der Waals surface area contributed by atoms with Crippen molar-refractivity contribution in [1.82, 2.24) is 15.5 Å². The van der Waals surface area contributed by atoms with Crippen LogP contribution in [0.5, 0.6) is 11.5 Å². The molecule has 1 fully saturated rings. The second-order valence-corrected chi connectivity index (χ2v) is 21.9. The molecule has 0 aliphatic carbocycles. The molecule has 0 bridgehead atoms. The molecule has 2 unspecified atom stereocenters. The summed E-state index contributed by atoms with van der Waals surface area (Å²) in [6, 6.07) is 26.2. The smallest absolute Gasteiger partial charge is 0.303 e. The lowest BCUT2D eigenvalue weighted by atomic mass is 9.68. The van der Waals surface area contributed by atoms with Gasteiger partial charge in [-0.25, -0.2) is 0 Å². The van der Waals surface area contributed by atoms with Crippen LogP contribution < -0.4 is 20.1 Å². The van der Waals surface area contributed by atoms with Crippen molar-refractivity contribution >= 4 is 23.7 Å². The highest BCUT2D eigenvalue weighted by molar-refractivity contribution is 5.77. The molecule has 1 heterocycles. The average molecular weight is 1040 g/mol. The van der Waals surface area contributed by atoms with Gasteiger partial charge in [-0.1, -0.05) is 184 Å². The molecule has 0 aromatic heterocycles. The number of nitrogens with zero attached hydrogens (tertiary/aromatic N) is 1. The number of ether oxygens (including phenoxy) is 3. The van der Waals surface area contributed by atoms with Gasteiger partial charge in [0.1, 0.15) is 17.1 Å². The van der Waals surface area contributed by atoms with Gasteiger partial charge in [0.05, 0.1) is 27.4 Å². The predicted molar refractivity (Wildman–Crippen MR) is 301 cm³/mol. The Morgan fingerprint density at radius 1 is 0.493 bits per heavy atom. The molecule has 4 N–H and O–H groups in total. The van der Waals surface area contributed by atoms with Gasteiger partial charge in [-0.05, 0) is 79.5 Å². The van der Waals surface area contributed by atoms with Crippen molar-refractivity contribution in [2.75, 3.05) is 53.6 Å². The third-order valence-electron chi connectivity index (χ3n) is 15.9. The van der Waals surface area contributed by atoms with E-state index in [4.69, 9.17) is 19.3 Å². The number of rotatable bonds is 42. The number of carbonyl (C=O) groups excluding carboxylic acids is 3. The molecular formula is C63H97N3O9. The van der Waals surface area contributed by atoms with Gasteiger partial charge in [0, 0.05) is 62.7 Å². The SMILES string of the molecule is COc1ccc(C(OCC2(C)CN(C(=O)CCCCCCCCC(=O)NCCCCCCCCCCCC(=O)NCCCCCCCCCCCC(=O)O)CC2(C)CO)(c2ccccc2)c2ccc(OC)cc2)cc1. The van der Waals surface area contributed by atoms with Gasteiger partial charge in [0.2, 0.25) is 17.7 Å². The monoisotopic (exact) mass is 1040 g/mol. The number of hydrogen-bond donors (Lipinski definition) is 4. The summed E-state index contributed by atoms with van der Waals surface area (Å²) in [6.07, 6.45) is 27.9. The normalized spacial score (nSPS) is 16.5. The number of unbranched alkanes of at least 4 members (excludes halogenated alkanes) is 21. The molecule has 3 aromatic carbocycles. The van der Waals surface area contributed by atoms with Crippen molar-refractivity contribution < 1.29 is 43.6 Å². The van der Waals surface area contributed by atoms with Crippen molar-refractivity contribution in [1.29, 1.82) is 0 Å². The summed E-state index contributed by atoms with van der Waals surface area (Å²) in [6.45, 7) is 6.90. The Hall–Kier alpha value is -4.94. The summed E-state index contributed by atoms with van der Waals surface area (Å²) in [5, 5.41) is 25.8. The van der Waals surface area contributed by atoms with E-state index in [2.05, 4.69) is 36.6 Å². The van der Waals surface area contributed by atoms with Crippen LogP contribution in [0.15, 0.2) is 78.9 Å². The summed E-state index contributed by atoms with van der Waals surface area (Å²) in [7, 11) is 3.31. The molecule has 1 aliphatic rings. The van der Waals surface area contributed by atoms with E-state index in [-0.39, 0.29) is 37.4 Å². The van der Waals surface area contributed by atoms with Crippen molar-refractivity contribution in [3.05, 3.63) is 95.6 Å². The first-order valence-corrected chi connectivity index (χ1v) is 29.0. The standard InChI is InChI=1S/C63H97N3O9/c1-61(50-67)48-66(49-62(61,2)51-75-63(52-32-24-23-25-33-52,53-38-42-55(73-3)43-39-53)54-40-44-56(74-4)45-41-54)59(70)36-28-19-14-13-18-27-35-58(69)65-47-30-21-15-9-5-7-11-17-26-34-57(68)64-46-31-22-16-10-6-8-12-20-29-37-60(71)72/h23-25,32-33,38-45,67H,5-22,26-31,34-37,46-51H2,1-4H3,(H,64,68)(H,65,69)(H,71,72). The fourth-order valence-corrected chi connectivity index (χ4v) is 10.6. The lowest BCUT2D eigenvalue weighted by Gasteiger charge is -2.43. The number of aliphatic hydroxyl groups is 1. The highest BCUT2D eigenvalue weighted by atomic mass is 16.5. The number of aliphatic carboxylic acids is 1. The van der Waals surface area contributed by atoms with Crippen LogP contribution in [0.1, 0.15) is 210 Å². The van der Waals surface area contributed by atoms with Crippen LogP contribution in [-0.2, 0) is 29.5 Å². The van der Waals surface area contributed by atoms with Crippen LogP contribution in [-0.4, -0.2) is 92.4 Å². The number of amides is 3. The van der Waals surface area contributed by atoms with Crippen molar-refractivity contribution in [3.8, 4) is 11.5 Å². The van der Waals surface area contributed by atoms with E-state index in [1.165, 1.54) is 57.8 Å². The number of methoxy groups -OCH3 is 2. The van der Waals surface area contributed by atoms with E-state index in [9.17, 15) is 24.3 Å². The molecule has 418 valence electrons. The molecule has 0 radical (unpaired) electrons. The van der Waals surface area contributed by atoms with Gasteiger partial charge in [-0.3, -0.25) is 19.2 Å². The fourth-order valence-electron chi connectivity index (χ4n) is 10.6. The van der Waals surface area contributed by atoms with Gasteiger partial charge in [-0.15, -0.1) is 0 Å². The van der Waals surface area contributed by atoms with E-state index in [0.29, 0.717) is 32.4 Å². The van der Waals surface area contributed by atoms with Gasteiger partial charge in [-0.2, -0.15) is 0 Å². The van der Waals surface area contributed by atoms with Gasteiger partial charge < -0.3 is 40.0 Å². The predicted octanol–water partition coefficient (Wildman–Crippen LogP) is 13.1.